The monoisotopic (exact) mass is 249 g/mol. The summed E-state index contributed by atoms with van der Waals surface area (Å²) in [7, 11) is 2.10. The van der Waals surface area contributed by atoms with Gasteiger partial charge in [0.15, 0.2) is 0 Å². The van der Waals surface area contributed by atoms with Crippen LogP contribution in [-0.4, -0.2) is 22.6 Å². The third kappa shape index (κ3) is 1.94. The van der Waals surface area contributed by atoms with Crippen LogP contribution in [-0.2, 0) is 7.05 Å². The molecule has 2 heterocycles. The Morgan fingerprint density at radius 1 is 1.35 bits per heavy atom. The van der Waals surface area contributed by atoms with Crippen molar-refractivity contribution in [2.75, 3.05) is 13.1 Å². The molecule has 0 saturated carbocycles. The Balaban J connectivity index is 2.07. The van der Waals surface area contributed by atoms with Gasteiger partial charge in [0.2, 0.25) is 0 Å². The van der Waals surface area contributed by atoms with Gasteiger partial charge in [-0.25, -0.2) is 4.98 Å². The largest absolute Gasteiger partial charge is 0.331 e. The Bertz CT molecular complexity index is 541. The molecule has 4 heteroatoms. The fourth-order valence-corrected chi connectivity index (χ4v) is 2.80. The molecule has 3 nitrogen and oxygen atoms in total. The first kappa shape index (κ1) is 11.1. The highest BCUT2D eigenvalue weighted by Gasteiger charge is 2.20. The molecule has 0 radical (unpaired) electrons. The van der Waals surface area contributed by atoms with Gasteiger partial charge in [-0.3, -0.25) is 0 Å². The zero-order valence-corrected chi connectivity index (χ0v) is 10.7. The summed E-state index contributed by atoms with van der Waals surface area (Å²) in [6.45, 7) is 2.18. The molecule has 1 aromatic heterocycles. The third-order valence-corrected chi connectivity index (χ3v) is 3.82. The predicted octanol–water partition coefficient (Wildman–Crippen LogP) is 2.69. The van der Waals surface area contributed by atoms with E-state index >= 15 is 0 Å². The van der Waals surface area contributed by atoms with E-state index in [0.717, 1.165) is 23.6 Å². The summed E-state index contributed by atoms with van der Waals surface area (Å²) in [6, 6.07) is 5.93. The third-order valence-electron chi connectivity index (χ3n) is 3.58. The second-order valence-electron chi connectivity index (χ2n) is 4.69. The molecule has 2 aromatic rings. The number of nitrogens with zero attached hydrogens (tertiary/aromatic N) is 2. The van der Waals surface area contributed by atoms with Crippen LogP contribution in [0, 0.1) is 0 Å². The number of imidazole rings is 1. The van der Waals surface area contributed by atoms with Crippen LogP contribution in [0.5, 0.6) is 0 Å². The standard InChI is InChI=1S/C13H16ClN3/c1-17-12-3-2-10(14)8-11(12)16-13(17)9-4-6-15-7-5-9/h2-3,8-9,15H,4-7H2,1H3. The van der Waals surface area contributed by atoms with E-state index in [0.29, 0.717) is 5.92 Å². The van der Waals surface area contributed by atoms with Crippen LogP contribution in [0.2, 0.25) is 5.02 Å². The minimum atomic E-state index is 0.576. The molecular formula is C13H16ClN3. The number of aryl methyl sites for hydroxylation is 1. The molecule has 0 bridgehead atoms. The lowest BCUT2D eigenvalue weighted by atomic mass is 9.97. The van der Waals surface area contributed by atoms with Crippen LogP contribution in [0.25, 0.3) is 11.0 Å². The van der Waals surface area contributed by atoms with Gasteiger partial charge in [0.05, 0.1) is 11.0 Å². The normalized spacial score (nSPS) is 17.8. The number of hydrogen-bond acceptors (Lipinski definition) is 2. The summed E-state index contributed by atoms with van der Waals surface area (Å²) in [5, 5.41) is 4.15. The zero-order chi connectivity index (χ0) is 11.8. The maximum atomic E-state index is 6.01. The van der Waals surface area contributed by atoms with Gasteiger partial charge in [-0.1, -0.05) is 11.6 Å². The number of aromatic nitrogens is 2. The van der Waals surface area contributed by atoms with Crippen molar-refractivity contribution in [2.24, 2.45) is 7.05 Å². The molecule has 1 aromatic carbocycles. The van der Waals surface area contributed by atoms with Crippen molar-refractivity contribution in [3.63, 3.8) is 0 Å². The van der Waals surface area contributed by atoms with Crippen LogP contribution in [0.3, 0.4) is 0 Å². The quantitative estimate of drug-likeness (QED) is 0.842. The lowest BCUT2D eigenvalue weighted by molar-refractivity contribution is 0.438. The topological polar surface area (TPSA) is 29.9 Å². The molecule has 0 amide bonds. The van der Waals surface area contributed by atoms with Crippen LogP contribution >= 0.6 is 11.6 Å². The molecule has 1 aliphatic rings. The molecule has 1 fully saturated rings. The van der Waals surface area contributed by atoms with Crippen molar-refractivity contribution in [3.05, 3.63) is 29.0 Å². The summed E-state index contributed by atoms with van der Waals surface area (Å²) in [5.41, 5.74) is 2.18. The van der Waals surface area contributed by atoms with E-state index < -0.39 is 0 Å². The van der Waals surface area contributed by atoms with E-state index in [-0.39, 0.29) is 0 Å². The molecule has 0 atom stereocenters. The Morgan fingerprint density at radius 2 is 2.12 bits per heavy atom. The lowest BCUT2D eigenvalue weighted by Crippen LogP contribution is -2.27. The van der Waals surface area contributed by atoms with Gasteiger partial charge in [-0.05, 0) is 44.1 Å². The summed E-state index contributed by atoms with van der Waals surface area (Å²) < 4.78 is 2.21. The highest BCUT2D eigenvalue weighted by molar-refractivity contribution is 6.31. The highest BCUT2D eigenvalue weighted by Crippen LogP contribution is 2.28. The summed E-state index contributed by atoms with van der Waals surface area (Å²) in [4.78, 5) is 4.75. The number of rotatable bonds is 1. The number of hydrogen-bond donors (Lipinski definition) is 1. The average molecular weight is 250 g/mol. The van der Waals surface area contributed by atoms with Crippen LogP contribution in [0.15, 0.2) is 18.2 Å². The zero-order valence-electron chi connectivity index (χ0n) is 9.91. The van der Waals surface area contributed by atoms with E-state index in [9.17, 15) is 0 Å². The number of piperidine rings is 1. The van der Waals surface area contributed by atoms with Gasteiger partial charge < -0.3 is 9.88 Å². The van der Waals surface area contributed by atoms with E-state index in [1.54, 1.807) is 0 Å². The molecule has 0 spiro atoms. The van der Waals surface area contributed by atoms with Gasteiger partial charge in [-0.15, -0.1) is 0 Å². The van der Waals surface area contributed by atoms with Crippen LogP contribution in [0.1, 0.15) is 24.6 Å². The smallest absolute Gasteiger partial charge is 0.112 e. The summed E-state index contributed by atoms with van der Waals surface area (Å²) in [6.07, 6.45) is 2.34. The van der Waals surface area contributed by atoms with E-state index in [4.69, 9.17) is 16.6 Å². The average Bonchev–Trinajstić information content (AvgIpc) is 2.67. The first-order valence-corrected chi connectivity index (χ1v) is 6.46. The number of fused-ring (bicyclic) bond motifs is 1. The summed E-state index contributed by atoms with van der Waals surface area (Å²) in [5.74, 6) is 1.77. The van der Waals surface area contributed by atoms with Crippen LogP contribution < -0.4 is 5.32 Å². The number of nitrogens with one attached hydrogen (secondary N) is 1. The van der Waals surface area contributed by atoms with Crippen molar-refractivity contribution in [3.8, 4) is 0 Å². The van der Waals surface area contributed by atoms with Gasteiger partial charge in [-0.2, -0.15) is 0 Å². The number of benzene rings is 1. The Morgan fingerprint density at radius 3 is 2.88 bits per heavy atom. The van der Waals surface area contributed by atoms with E-state index in [2.05, 4.69) is 23.0 Å². The second kappa shape index (κ2) is 4.31. The molecule has 1 N–H and O–H groups in total. The highest BCUT2D eigenvalue weighted by atomic mass is 35.5. The summed E-state index contributed by atoms with van der Waals surface area (Å²) >= 11 is 6.01. The Kier molecular flexibility index (Phi) is 2.81. The van der Waals surface area contributed by atoms with Crippen molar-refractivity contribution in [1.29, 1.82) is 0 Å². The molecular weight excluding hydrogens is 234 g/mol. The van der Waals surface area contributed by atoms with Crippen molar-refractivity contribution in [1.82, 2.24) is 14.9 Å². The predicted molar refractivity (Wildman–Crippen MR) is 70.6 cm³/mol. The maximum absolute atomic E-state index is 6.01. The van der Waals surface area contributed by atoms with Crippen molar-refractivity contribution in [2.45, 2.75) is 18.8 Å². The molecule has 0 aliphatic carbocycles. The molecule has 1 saturated heterocycles. The maximum Gasteiger partial charge on any atom is 0.112 e. The molecule has 1 aliphatic heterocycles. The van der Waals surface area contributed by atoms with E-state index in [1.165, 1.54) is 24.2 Å². The first-order valence-electron chi connectivity index (χ1n) is 6.08. The van der Waals surface area contributed by atoms with Gasteiger partial charge in [0.25, 0.3) is 0 Å². The fourth-order valence-electron chi connectivity index (χ4n) is 2.64. The Labute approximate surface area is 106 Å². The van der Waals surface area contributed by atoms with Gasteiger partial charge in [0.1, 0.15) is 5.82 Å². The van der Waals surface area contributed by atoms with Gasteiger partial charge >= 0.3 is 0 Å². The minimum Gasteiger partial charge on any atom is -0.331 e. The van der Waals surface area contributed by atoms with Crippen molar-refractivity contribution < 1.29 is 0 Å². The van der Waals surface area contributed by atoms with Crippen molar-refractivity contribution >= 4 is 22.6 Å². The minimum absolute atomic E-state index is 0.576. The lowest BCUT2D eigenvalue weighted by Gasteiger charge is -2.22. The van der Waals surface area contributed by atoms with Gasteiger partial charge in [0, 0.05) is 18.0 Å². The Hall–Kier alpha value is -1.06. The molecule has 90 valence electrons. The van der Waals surface area contributed by atoms with Crippen LogP contribution in [0.4, 0.5) is 0 Å². The molecule has 3 rings (SSSR count). The number of halogens is 1. The fraction of sp³-hybridized carbons (Fsp3) is 0.462. The molecule has 17 heavy (non-hydrogen) atoms. The second-order valence-corrected chi connectivity index (χ2v) is 5.12. The van der Waals surface area contributed by atoms with E-state index in [1.807, 2.05) is 12.1 Å². The first-order chi connectivity index (χ1) is 8.25. The SMILES string of the molecule is Cn1c(C2CCNCC2)nc2cc(Cl)ccc21. The molecule has 0 unspecified atom stereocenters.